The van der Waals surface area contributed by atoms with Crippen LogP contribution in [0, 0.1) is 26.0 Å². The summed E-state index contributed by atoms with van der Waals surface area (Å²) in [6.45, 7) is 31.7. The number of para-hydroxylation sites is 1. The zero-order valence-corrected chi connectivity index (χ0v) is 41.2. The zero-order valence-electron chi connectivity index (χ0n) is 38.9. The molecule has 0 N–H and O–H groups in total. The first-order valence-corrected chi connectivity index (χ1v) is 21.6. The van der Waals surface area contributed by atoms with Crippen molar-refractivity contribution in [3.8, 4) is 45.3 Å². The van der Waals surface area contributed by atoms with E-state index >= 15 is 0 Å². The Labute approximate surface area is 383 Å². The molecule has 0 saturated heterocycles. The van der Waals surface area contributed by atoms with Crippen LogP contribution < -0.4 is 4.74 Å². The molecule has 0 radical (unpaired) electrons. The van der Waals surface area contributed by atoms with Gasteiger partial charge in [0.2, 0.25) is 0 Å². The van der Waals surface area contributed by atoms with E-state index in [2.05, 4.69) is 205 Å². The molecule has 3 aromatic heterocycles. The van der Waals surface area contributed by atoms with Crippen LogP contribution in [-0.4, -0.2) is 19.3 Å². The number of nitrogens with zero attached hydrogens (tertiary/aromatic N) is 4. The van der Waals surface area contributed by atoms with Crippen LogP contribution in [0.3, 0.4) is 0 Å². The molecule has 0 atom stereocenters. The second-order valence-corrected chi connectivity index (χ2v) is 21.0. The topological polar surface area (TPSA) is 44.9 Å². The largest absolute Gasteiger partial charge is 2.00 e. The molecule has 0 fully saturated rings. The molecule has 62 heavy (non-hydrogen) atoms. The first-order chi connectivity index (χ1) is 28.6. The van der Waals surface area contributed by atoms with Crippen LogP contribution in [0.1, 0.15) is 116 Å². The van der Waals surface area contributed by atoms with E-state index in [1.807, 2.05) is 23.1 Å². The Morgan fingerprint density at radius 2 is 1.23 bits per heavy atom. The normalized spacial score (nSPS) is 12.5. The van der Waals surface area contributed by atoms with Crippen molar-refractivity contribution in [3.05, 3.63) is 155 Å². The third-order valence-electron chi connectivity index (χ3n) is 11.7. The smallest absolute Gasteiger partial charge is 0.509 e. The van der Waals surface area contributed by atoms with E-state index in [1.165, 1.54) is 33.4 Å². The molecule has 0 aliphatic carbocycles. The van der Waals surface area contributed by atoms with Crippen molar-refractivity contribution in [1.29, 1.82) is 0 Å². The predicted molar refractivity (Wildman–Crippen MR) is 255 cm³/mol. The van der Waals surface area contributed by atoms with Crippen LogP contribution in [0.15, 0.2) is 110 Å². The SMILES string of the molecule is Cc1cc(C)cc(-c2cnn(-c3[c-]c(Oc4[c-]c5c(cc4)c4ccccc4n5-c4cc(-c5c(C(C)(C)C)cc(C(C)(C)C)cc5C(C)(C)C)ccn4)c(C(C)(C)C)cc3)c2)c1.[Pt+2]. The summed E-state index contributed by atoms with van der Waals surface area (Å²) in [5.74, 6) is 2.08. The monoisotopic (exact) mass is 999 g/mol. The molecule has 0 amide bonds. The molecule has 5 nitrogen and oxygen atoms in total. The van der Waals surface area contributed by atoms with Crippen LogP contribution in [0.25, 0.3) is 55.6 Å². The van der Waals surface area contributed by atoms with Crippen molar-refractivity contribution < 1.29 is 25.8 Å². The van der Waals surface area contributed by atoms with Gasteiger partial charge in [0.25, 0.3) is 0 Å². The summed E-state index contributed by atoms with van der Waals surface area (Å²) >= 11 is 0. The first kappa shape index (κ1) is 44.8. The number of hydrogen-bond donors (Lipinski definition) is 0. The fourth-order valence-corrected chi connectivity index (χ4v) is 8.56. The summed E-state index contributed by atoms with van der Waals surface area (Å²) in [7, 11) is 0. The number of hydrogen-bond acceptors (Lipinski definition) is 3. The van der Waals surface area contributed by atoms with Crippen LogP contribution in [0.5, 0.6) is 11.5 Å². The predicted octanol–water partition coefficient (Wildman–Crippen LogP) is 14.9. The summed E-state index contributed by atoms with van der Waals surface area (Å²) in [6, 6.07) is 40.1. The average Bonchev–Trinajstić information content (AvgIpc) is 3.79. The van der Waals surface area contributed by atoms with Gasteiger partial charge in [0.05, 0.1) is 6.20 Å². The van der Waals surface area contributed by atoms with Crippen molar-refractivity contribution in [2.75, 3.05) is 0 Å². The van der Waals surface area contributed by atoms with Crippen LogP contribution >= 0.6 is 0 Å². The number of ether oxygens (including phenoxy) is 1. The van der Waals surface area contributed by atoms with Gasteiger partial charge in [0.15, 0.2) is 0 Å². The number of aromatic nitrogens is 4. The third kappa shape index (κ3) is 8.71. The summed E-state index contributed by atoms with van der Waals surface area (Å²) in [4.78, 5) is 5.07. The molecule has 0 saturated carbocycles. The minimum Gasteiger partial charge on any atom is -0.509 e. The Hall–Kier alpha value is -5.25. The van der Waals surface area contributed by atoms with Gasteiger partial charge in [-0.1, -0.05) is 154 Å². The number of rotatable bonds is 6. The molecule has 3 heterocycles. The van der Waals surface area contributed by atoms with Gasteiger partial charge in [-0.15, -0.1) is 35.2 Å². The second-order valence-electron chi connectivity index (χ2n) is 21.0. The summed E-state index contributed by atoms with van der Waals surface area (Å²) in [6.07, 6.45) is 5.93. The summed E-state index contributed by atoms with van der Waals surface area (Å²) < 4.78 is 11.0. The van der Waals surface area contributed by atoms with Crippen molar-refractivity contribution in [2.45, 2.75) is 119 Å². The molecule has 8 aromatic rings. The Kier molecular flexibility index (Phi) is 11.7. The Morgan fingerprint density at radius 3 is 1.85 bits per heavy atom. The number of fused-ring (bicyclic) bond motifs is 3. The molecule has 5 aromatic carbocycles. The van der Waals surface area contributed by atoms with Crippen molar-refractivity contribution in [1.82, 2.24) is 19.3 Å². The van der Waals surface area contributed by atoms with Gasteiger partial charge in [-0.3, -0.25) is 4.68 Å². The van der Waals surface area contributed by atoms with Crippen LogP contribution in [0.4, 0.5) is 0 Å². The molecule has 320 valence electrons. The third-order valence-corrected chi connectivity index (χ3v) is 11.7. The van der Waals surface area contributed by atoms with Gasteiger partial charge in [0.1, 0.15) is 5.82 Å². The fraction of sp³-hybridized carbons (Fsp3) is 0.321. The Morgan fingerprint density at radius 1 is 0.581 bits per heavy atom. The average molecular weight is 1000 g/mol. The fourth-order valence-electron chi connectivity index (χ4n) is 8.56. The van der Waals surface area contributed by atoms with Gasteiger partial charge in [0, 0.05) is 35.0 Å². The maximum atomic E-state index is 6.87. The van der Waals surface area contributed by atoms with Gasteiger partial charge in [-0.2, -0.15) is 17.2 Å². The van der Waals surface area contributed by atoms with Gasteiger partial charge in [-0.25, -0.2) is 4.98 Å². The minimum absolute atomic E-state index is 0. The molecule has 0 aliphatic heterocycles. The number of benzene rings is 5. The van der Waals surface area contributed by atoms with Gasteiger partial charge < -0.3 is 9.30 Å². The summed E-state index contributed by atoms with van der Waals surface area (Å²) in [5.41, 5.74) is 14.6. The van der Waals surface area contributed by atoms with E-state index in [9.17, 15) is 0 Å². The molecule has 0 unspecified atom stereocenters. The standard InChI is InChI=1S/C56H60N4O.Pt/c1-35-25-36(2)27-38(26-35)39-33-58-59(34-39)41-19-22-45(54(6,7)8)50(31-41)61-42-20-21-44-43-17-15-16-18-48(43)60(49(44)32-42)51-28-37(23-24-57-51)52-46(55(9,10)11)29-40(53(3,4)5)30-47(52)56(12,13)14;/h15-30,33-34H,1-14H3;/q-2;+2. The second kappa shape index (κ2) is 16.1. The molecule has 0 bridgehead atoms. The molecule has 0 aliphatic rings. The van der Waals surface area contributed by atoms with Crippen molar-refractivity contribution in [3.63, 3.8) is 0 Å². The van der Waals surface area contributed by atoms with E-state index in [1.54, 1.807) is 0 Å². The Balaban J connectivity index is 0.00000578. The number of pyridine rings is 1. The van der Waals surface area contributed by atoms with E-state index < -0.39 is 0 Å². The Bertz CT molecular complexity index is 2900. The molecule has 0 spiro atoms. The molecule has 8 rings (SSSR count). The van der Waals surface area contributed by atoms with E-state index in [0.717, 1.165) is 55.6 Å². The van der Waals surface area contributed by atoms with Crippen LogP contribution in [0.2, 0.25) is 0 Å². The van der Waals surface area contributed by atoms with Crippen LogP contribution in [-0.2, 0) is 42.7 Å². The molecule has 6 heteroatoms. The van der Waals surface area contributed by atoms with E-state index in [-0.39, 0.29) is 42.7 Å². The van der Waals surface area contributed by atoms with Gasteiger partial charge in [-0.05, 0) is 92.7 Å². The molecular formula is C56H60N4OPt. The summed E-state index contributed by atoms with van der Waals surface area (Å²) in [5, 5.41) is 6.98. The van der Waals surface area contributed by atoms with Crippen molar-refractivity contribution in [2.24, 2.45) is 0 Å². The van der Waals surface area contributed by atoms with E-state index in [4.69, 9.17) is 14.8 Å². The van der Waals surface area contributed by atoms with Crippen molar-refractivity contribution >= 4 is 21.8 Å². The van der Waals surface area contributed by atoms with E-state index in [0.29, 0.717) is 11.5 Å². The number of aryl methyl sites for hydroxylation is 2. The molecular weight excluding hydrogens is 940 g/mol. The zero-order chi connectivity index (χ0) is 43.8. The maximum absolute atomic E-state index is 6.87. The quantitative estimate of drug-likeness (QED) is 0.156. The minimum atomic E-state index is -0.203. The van der Waals surface area contributed by atoms with Gasteiger partial charge >= 0.3 is 21.1 Å². The maximum Gasteiger partial charge on any atom is 2.00 e. The first-order valence-electron chi connectivity index (χ1n) is 21.6.